The monoisotopic (exact) mass is 282 g/mol. The quantitative estimate of drug-likeness (QED) is 0.919. The molecule has 2 aliphatic rings. The number of aromatic nitrogens is 3. The van der Waals surface area contributed by atoms with Crippen molar-refractivity contribution in [2.75, 3.05) is 6.54 Å². The van der Waals surface area contributed by atoms with E-state index in [2.05, 4.69) is 15.2 Å². The Balaban J connectivity index is 1.64. The molecule has 1 saturated heterocycles. The number of nitrogens with zero attached hydrogens (tertiary/aromatic N) is 3. The summed E-state index contributed by atoms with van der Waals surface area (Å²) in [7, 11) is 0. The number of fused-ring (bicyclic) bond motifs is 1. The number of nitrogens with one attached hydrogen (secondary N) is 1. The Labute approximate surface area is 123 Å². The summed E-state index contributed by atoms with van der Waals surface area (Å²) in [5.74, 6) is 0.0579. The number of carbonyl (C=O) groups is 1. The second kappa shape index (κ2) is 4.98. The van der Waals surface area contributed by atoms with Gasteiger partial charge in [0.05, 0.1) is 11.7 Å². The van der Waals surface area contributed by atoms with Gasteiger partial charge in [-0.2, -0.15) is 5.10 Å². The zero-order valence-corrected chi connectivity index (χ0v) is 11.9. The van der Waals surface area contributed by atoms with Gasteiger partial charge in [-0.15, -0.1) is 0 Å². The molecular weight excluding hydrogens is 264 g/mol. The number of amides is 1. The van der Waals surface area contributed by atoms with Crippen LogP contribution in [-0.4, -0.2) is 32.5 Å². The van der Waals surface area contributed by atoms with E-state index in [1.54, 1.807) is 6.20 Å². The molecule has 2 aromatic rings. The van der Waals surface area contributed by atoms with Crippen LogP contribution in [-0.2, 0) is 12.8 Å². The molecule has 1 aliphatic carbocycles. The van der Waals surface area contributed by atoms with Crippen LogP contribution in [0.3, 0.4) is 0 Å². The van der Waals surface area contributed by atoms with Crippen LogP contribution in [0.5, 0.6) is 0 Å². The minimum Gasteiger partial charge on any atom is -0.329 e. The van der Waals surface area contributed by atoms with Crippen molar-refractivity contribution < 1.29 is 4.79 Å². The Morgan fingerprint density at radius 1 is 1.29 bits per heavy atom. The molecule has 1 amide bonds. The first kappa shape index (κ1) is 12.6. The topological polar surface area (TPSA) is 61.9 Å². The molecule has 0 spiro atoms. The Bertz CT molecular complexity index is 664. The maximum Gasteiger partial charge on any atom is 0.275 e. The number of hydrogen-bond donors (Lipinski definition) is 1. The van der Waals surface area contributed by atoms with E-state index in [9.17, 15) is 4.79 Å². The molecule has 1 aliphatic heterocycles. The van der Waals surface area contributed by atoms with Crippen LogP contribution in [0.2, 0.25) is 0 Å². The summed E-state index contributed by atoms with van der Waals surface area (Å²) in [4.78, 5) is 19.2. The molecule has 21 heavy (non-hydrogen) atoms. The third-order valence-electron chi connectivity index (χ3n) is 4.55. The van der Waals surface area contributed by atoms with Gasteiger partial charge in [-0.05, 0) is 44.2 Å². The fourth-order valence-electron chi connectivity index (χ4n) is 3.52. The van der Waals surface area contributed by atoms with Gasteiger partial charge < -0.3 is 4.90 Å². The molecule has 0 saturated carbocycles. The van der Waals surface area contributed by atoms with Crippen LogP contribution in [0, 0.1) is 0 Å². The van der Waals surface area contributed by atoms with Crippen molar-refractivity contribution in [1.82, 2.24) is 20.1 Å². The Morgan fingerprint density at radius 3 is 3.10 bits per heavy atom. The Morgan fingerprint density at radius 2 is 2.24 bits per heavy atom. The summed E-state index contributed by atoms with van der Waals surface area (Å²) in [6.45, 7) is 0.793. The van der Waals surface area contributed by atoms with Gasteiger partial charge in [0.2, 0.25) is 0 Å². The summed E-state index contributed by atoms with van der Waals surface area (Å²) < 4.78 is 0. The number of carbonyl (C=O) groups excluding carboxylic acids is 1. The van der Waals surface area contributed by atoms with Crippen molar-refractivity contribution in [1.29, 1.82) is 0 Å². The predicted molar refractivity (Wildman–Crippen MR) is 77.9 cm³/mol. The zero-order valence-electron chi connectivity index (χ0n) is 11.9. The number of likely N-dealkylation sites (tertiary alicyclic amines) is 1. The minimum atomic E-state index is 0.0579. The molecule has 1 N–H and O–H groups in total. The first-order valence-corrected chi connectivity index (χ1v) is 7.62. The molecule has 5 nitrogen and oxygen atoms in total. The van der Waals surface area contributed by atoms with E-state index in [4.69, 9.17) is 0 Å². The van der Waals surface area contributed by atoms with Crippen LogP contribution in [0.25, 0.3) is 0 Å². The van der Waals surface area contributed by atoms with Gasteiger partial charge in [-0.25, -0.2) is 0 Å². The van der Waals surface area contributed by atoms with Gasteiger partial charge >= 0.3 is 0 Å². The summed E-state index contributed by atoms with van der Waals surface area (Å²) >= 11 is 0. The Hall–Kier alpha value is -2.17. The maximum absolute atomic E-state index is 12.9. The van der Waals surface area contributed by atoms with Crippen molar-refractivity contribution in [3.8, 4) is 0 Å². The summed E-state index contributed by atoms with van der Waals surface area (Å²) in [5, 5.41) is 7.31. The molecule has 0 bridgehead atoms. The highest BCUT2D eigenvalue weighted by atomic mass is 16.2. The predicted octanol–water partition coefficient (Wildman–Crippen LogP) is 2.27. The number of pyridine rings is 1. The summed E-state index contributed by atoms with van der Waals surface area (Å²) in [5.41, 5.74) is 3.89. The molecule has 5 heteroatoms. The van der Waals surface area contributed by atoms with Crippen LogP contribution >= 0.6 is 0 Å². The molecule has 4 rings (SSSR count). The molecule has 3 heterocycles. The lowest BCUT2D eigenvalue weighted by atomic mass is 10.1. The van der Waals surface area contributed by atoms with E-state index >= 15 is 0 Å². The van der Waals surface area contributed by atoms with E-state index in [-0.39, 0.29) is 11.9 Å². The van der Waals surface area contributed by atoms with Gasteiger partial charge in [0.1, 0.15) is 0 Å². The number of aryl methyl sites for hydroxylation is 1. The third kappa shape index (κ3) is 2.04. The highest BCUT2D eigenvalue weighted by molar-refractivity contribution is 5.94. The van der Waals surface area contributed by atoms with Crippen molar-refractivity contribution in [2.45, 2.75) is 38.1 Å². The van der Waals surface area contributed by atoms with Gasteiger partial charge in [0.15, 0.2) is 5.69 Å². The Kier molecular flexibility index (Phi) is 2.98. The van der Waals surface area contributed by atoms with Crippen molar-refractivity contribution in [3.05, 3.63) is 47.0 Å². The number of hydrogen-bond acceptors (Lipinski definition) is 3. The van der Waals surface area contributed by atoms with Gasteiger partial charge in [0.25, 0.3) is 5.91 Å². The molecule has 0 unspecified atom stereocenters. The first-order valence-electron chi connectivity index (χ1n) is 7.62. The second-order valence-corrected chi connectivity index (χ2v) is 5.79. The molecule has 0 aromatic carbocycles. The van der Waals surface area contributed by atoms with Crippen LogP contribution in [0.15, 0.2) is 24.4 Å². The maximum atomic E-state index is 12.9. The van der Waals surface area contributed by atoms with Gasteiger partial charge in [0, 0.05) is 24.0 Å². The molecular formula is C16H18N4O. The number of rotatable bonds is 2. The molecule has 1 fully saturated rings. The summed E-state index contributed by atoms with van der Waals surface area (Å²) in [6.07, 6.45) is 6.90. The van der Waals surface area contributed by atoms with Crippen LogP contribution in [0.1, 0.15) is 52.7 Å². The molecule has 2 aromatic heterocycles. The average Bonchev–Trinajstić information content (AvgIpc) is 3.23. The van der Waals surface area contributed by atoms with Gasteiger partial charge in [-0.1, -0.05) is 6.07 Å². The standard InChI is InChI=1S/C16H18N4O/c21-16(15-11-5-3-7-12(11)18-19-15)20-10-4-8-14(20)13-6-1-2-9-17-13/h1-2,6,9,14H,3-5,7-8,10H2,(H,18,19)/t14-/m1/s1. The fourth-order valence-corrected chi connectivity index (χ4v) is 3.52. The first-order chi connectivity index (χ1) is 10.3. The highest BCUT2D eigenvalue weighted by Gasteiger charge is 2.34. The smallest absolute Gasteiger partial charge is 0.275 e. The normalized spacial score (nSPS) is 20.8. The van der Waals surface area contributed by atoms with E-state index in [1.165, 1.54) is 0 Å². The van der Waals surface area contributed by atoms with E-state index in [0.717, 1.165) is 55.6 Å². The second-order valence-electron chi connectivity index (χ2n) is 5.79. The molecule has 1 atom stereocenters. The summed E-state index contributed by atoms with van der Waals surface area (Å²) in [6, 6.07) is 5.99. The minimum absolute atomic E-state index is 0.0579. The lowest BCUT2D eigenvalue weighted by Gasteiger charge is -2.23. The van der Waals surface area contributed by atoms with Gasteiger partial charge in [-0.3, -0.25) is 14.9 Å². The molecule has 0 radical (unpaired) electrons. The van der Waals surface area contributed by atoms with E-state index in [1.807, 2.05) is 23.1 Å². The van der Waals surface area contributed by atoms with E-state index in [0.29, 0.717) is 5.69 Å². The number of H-pyrrole nitrogens is 1. The lowest BCUT2D eigenvalue weighted by molar-refractivity contribution is 0.0726. The third-order valence-corrected chi connectivity index (χ3v) is 4.55. The lowest BCUT2D eigenvalue weighted by Crippen LogP contribution is -2.31. The molecule has 108 valence electrons. The van der Waals surface area contributed by atoms with E-state index < -0.39 is 0 Å². The van der Waals surface area contributed by atoms with Crippen molar-refractivity contribution >= 4 is 5.91 Å². The van der Waals surface area contributed by atoms with Crippen molar-refractivity contribution in [2.24, 2.45) is 0 Å². The SMILES string of the molecule is O=C(c1n[nH]c2c1CCC2)N1CCC[C@@H]1c1ccccn1. The fraction of sp³-hybridized carbons (Fsp3) is 0.438. The average molecular weight is 282 g/mol. The largest absolute Gasteiger partial charge is 0.329 e. The van der Waals surface area contributed by atoms with Crippen molar-refractivity contribution in [3.63, 3.8) is 0 Å². The highest BCUT2D eigenvalue weighted by Crippen LogP contribution is 2.33. The number of aromatic amines is 1. The zero-order chi connectivity index (χ0) is 14.2. The van der Waals surface area contributed by atoms with Crippen LogP contribution in [0.4, 0.5) is 0 Å². The van der Waals surface area contributed by atoms with Crippen LogP contribution < -0.4 is 0 Å².